The van der Waals surface area contributed by atoms with Crippen molar-refractivity contribution in [2.75, 3.05) is 6.54 Å². The number of aromatic nitrogens is 2. The molecule has 0 aromatic carbocycles. The van der Waals surface area contributed by atoms with Crippen LogP contribution < -0.4 is 10.6 Å². The fourth-order valence-corrected chi connectivity index (χ4v) is 2.23. The van der Waals surface area contributed by atoms with Crippen LogP contribution in [0.4, 0.5) is 0 Å². The maximum Gasteiger partial charge on any atom is 0.191 e. The third-order valence-electron chi connectivity index (χ3n) is 3.40. The monoisotopic (exact) mass is 421 g/mol. The smallest absolute Gasteiger partial charge is 0.191 e. The van der Waals surface area contributed by atoms with Crippen molar-refractivity contribution in [3.8, 4) is 0 Å². The van der Waals surface area contributed by atoms with Gasteiger partial charge < -0.3 is 10.6 Å². The molecule has 5 nitrogen and oxygen atoms in total. The standard InChI is InChI=1S/C16H31N5.HI/c1-5-7-8-9-10-14(3)20-16(17-6-2)18-11-15-12-19-21(4)13-15;/h12-14H,5-11H2,1-4H3,(H2,17,18,20);1H. The van der Waals surface area contributed by atoms with Gasteiger partial charge in [0.2, 0.25) is 0 Å². The van der Waals surface area contributed by atoms with Gasteiger partial charge in [0.25, 0.3) is 0 Å². The largest absolute Gasteiger partial charge is 0.357 e. The van der Waals surface area contributed by atoms with Gasteiger partial charge in [-0.25, -0.2) is 4.99 Å². The number of aryl methyl sites for hydroxylation is 1. The Balaban J connectivity index is 0.00000441. The molecule has 22 heavy (non-hydrogen) atoms. The van der Waals surface area contributed by atoms with E-state index in [0.717, 1.165) is 18.1 Å². The molecule has 0 spiro atoms. The van der Waals surface area contributed by atoms with Gasteiger partial charge in [-0.3, -0.25) is 4.68 Å². The molecule has 128 valence electrons. The normalized spacial score (nSPS) is 12.6. The van der Waals surface area contributed by atoms with Gasteiger partial charge in [0, 0.05) is 31.4 Å². The molecular weight excluding hydrogens is 389 g/mol. The van der Waals surface area contributed by atoms with Gasteiger partial charge in [-0.1, -0.05) is 32.6 Å². The molecule has 1 aromatic rings. The van der Waals surface area contributed by atoms with Crippen molar-refractivity contribution in [1.82, 2.24) is 20.4 Å². The van der Waals surface area contributed by atoms with Crippen LogP contribution in [-0.4, -0.2) is 28.3 Å². The van der Waals surface area contributed by atoms with Gasteiger partial charge in [-0.05, 0) is 20.3 Å². The number of hydrogen-bond acceptors (Lipinski definition) is 2. The van der Waals surface area contributed by atoms with E-state index in [1.807, 2.05) is 24.1 Å². The van der Waals surface area contributed by atoms with E-state index in [9.17, 15) is 0 Å². The molecule has 2 N–H and O–H groups in total. The number of unbranched alkanes of at least 4 members (excludes halogenated alkanes) is 3. The van der Waals surface area contributed by atoms with Crippen molar-refractivity contribution in [1.29, 1.82) is 0 Å². The maximum atomic E-state index is 4.62. The summed E-state index contributed by atoms with van der Waals surface area (Å²) < 4.78 is 1.81. The van der Waals surface area contributed by atoms with Gasteiger partial charge >= 0.3 is 0 Å². The van der Waals surface area contributed by atoms with E-state index in [0.29, 0.717) is 12.6 Å². The van der Waals surface area contributed by atoms with Gasteiger partial charge in [-0.15, -0.1) is 24.0 Å². The van der Waals surface area contributed by atoms with Crippen molar-refractivity contribution >= 4 is 29.9 Å². The molecule has 1 unspecified atom stereocenters. The van der Waals surface area contributed by atoms with E-state index < -0.39 is 0 Å². The molecule has 0 fully saturated rings. The summed E-state index contributed by atoms with van der Waals surface area (Å²) in [7, 11) is 1.93. The van der Waals surface area contributed by atoms with Crippen LogP contribution in [0, 0.1) is 0 Å². The van der Waals surface area contributed by atoms with Crippen molar-refractivity contribution < 1.29 is 0 Å². The lowest BCUT2D eigenvalue weighted by Crippen LogP contribution is -2.42. The zero-order valence-corrected chi connectivity index (χ0v) is 16.8. The first-order chi connectivity index (χ1) is 10.2. The van der Waals surface area contributed by atoms with Crippen molar-refractivity contribution in [2.45, 2.75) is 65.5 Å². The molecule has 1 rings (SSSR count). The summed E-state index contributed by atoms with van der Waals surface area (Å²) in [6.45, 7) is 8.10. The lowest BCUT2D eigenvalue weighted by molar-refractivity contribution is 0.537. The number of aliphatic imine (C=N–C) groups is 1. The number of hydrogen-bond donors (Lipinski definition) is 2. The second-order valence-electron chi connectivity index (χ2n) is 5.61. The molecule has 0 bridgehead atoms. The lowest BCUT2D eigenvalue weighted by atomic mass is 10.1. The summed E-state index contributed by atoms with van der Waals surface area (Å²) in [6.07, 6.45) is 10.3. The summed E-state index contributed by atoms with van der Waals surface area (Å²) in [4.78, 5) is 4.62. The zero-order valence-electron chi connectivity index (χ0n) is 14.4. The highest BCUT2D eigenvalue weighted by atomic mass is 127. The molecule has 1 aromatic heterocycles. The molecule has 0 saturated carbocycles. The Morgan fingerprint density at radius 1 is 1.32 bits per heavy atom. The van der Waals surface area contributed by atoms with Gasteiger partial charge in [0.1, 0.15) is 0 Å². The average molecular weight is 421 g/mol. The molecule has 1 atom stereocenters. The second-order valence-corrected chi connectivity index (χ2v) is 5.61. The van der Waals surface area contributed by atoms with Gasteiger partial charge in [0.05, 0.1) is 12.7 Å². The minimum Gasteiger partial charge on any atom is -0.357 e. The topological polar surface area (TPSA) is 54.2 Å². The Bertz CT molecular complexity index is 416. The highest BCUT2D eigenvalue weighted by molar-refractivity contribution is 14.0. The second kappa shape index (κ2) is 12.7. The predicted molar refractivity (Wildman–Crippen MR) is 105 cm³/mol. The summed E-state index contributed by atoms with van der Waals surface area (Å²) in [5, 5.41) is 11.0. The first kappa shape index (κ1) is 21.2. The van der Waals surface area contributed by atoms with E-state index in [-0.39, 0.29) is 24.0 Å². The molecule has 0 aliphatic heterocycles. The molecule has 0 amide bonds. The van der Waals surface area contributed by atoms with Gasteiger partial charge in [0.15, 0.2) is 5.96 Å². The SMILES string of the molecule is CCCCCCC(C)NC(=NCc1cnn(C)c1)NCC.I. The van der Waals surface area contributed by atoms with Crippen molar-refractivity contribution in [3.63, 3.8) is 0 Å². The molecule has 0 aliphatic carbocycles. The Kier molecular flexibility index (Phi) is 12.3. The number of rotatable bonds is 9. The fraction of sp³-hybridized carbons (Fsp3) is 0.750. The third kappa shape index (κ3) is 9.27. The number of guanidine groups is 1. The zero-order chi connectivity index (χ0) is 15.5. The van der Waals surface area contributed by atoms with Crippen LogP contribution in [0.5, 0.6) is 0 Å². The van der Waals surface area contributed by atoms with Crippen LogP contribution in [-0.2, 0) is 13.6 Å². The van der Waals surface area contributed by atoms with E-state index in [2.05, 4.69) is 41.5 Å². The van der Waals surface area contributed by atoms with E-state index >= 15 is 0 Å². The third-order valence-corrected chi connectivity index (χ3v) is 3.40. The molecule has 0 saturated heterocycles. The first-order valence-corrected chi connectivity index (χ1v) is 8.18. The minimum atomic E-state index is 0. The maximum absolute atomic E-state index is 4.62. The Labute approximate surface area is 152 Å². The Morgan fingerprint density at radius 2 is 2.09 bits per heavy atom. The lowest BCUT2D eigenvalue weighted by Gasteiger charge is -2.17. The van der Waals surface area contributed by atoms with Gasteiger partial charge in [-0.2, -0.15) is 5.10 Å². The average Bonchev–Trinajstić information content (AvgIpc) is 2.87. The number of halogens is 1. The Morgan fingerprint density at radius 3 is 2.68 bits per heavy atom. The highest BCUT2D eigenvalue weighted by Crippen LogP contribution is 2.05. The van der Waals surface area contributed by atoms with Crippen LogP contribution in [0.3, 0.4) is 0 Å². The van der Waals surface area contributed by atoms with E-state index in [1.165, 1.54) is 32.1 Å². The number of nitrogens with one attached hydrogen (secondary N) is 2. The Hall–Kier alpha value is -0.790. The summed E-state index contributed by atoms with van der Waals surface area (Å²) in [5.74, 6) is 0.893. The molecule has 6 heteroatoms. The summed E-state index contributed by atoms with van der Waals surface area (Å²) >= 11 is 0. The van der Waals surface area contributed by atoms with E-state index in [4.69, 9.17) is 0 Å². The van der Waals surface area contributed by atoms with Crippen molar-refractivity contribution in [2.24, 2.45) is 12.0 Å². The van der Waals surface area contributed by atoms with Crippen LogP contribution >= 0.6 is 24.0 Å². The van der Waals surface area contributed by atoms with Crippen LogP contribution in [0.1, 0.15) is 58.4 Å². The van der Waals surface area contributed by atoms with Crippen LogP contribution in [0.2, 0.25) is 0 Å². The minimum absolute atomic E-state index is 0. The number of nitrogens with zero attached hydrogens (tertiary/aromatic N) is 3. The summed E-state index contributed by atoms with van der Waals surface area (Å²) in [5.41, 5.74) is 1.13. The highest BCUT2D eigenvalue weighted by Gasteiger charge is 2.05. The van der Waals surface area contributed by atoms with Crippen molar-refractivity contribution in [3.05, 3.63) is 18.0 Å². The predicted octanol–water partition coefficient (Wildman–Crippen LogP) is 3.45. The van der Waals surface area contributed by atoms with Crippen LogP contribution in [0.15, 0.2) is 17.4 Å². The molecule has 0 radical (unpaired) electrons. The first-order valence-electron chi connectivity index (χ1n) is 8.18. The summed E-state index contributed by atoms with van der Waals surface area (Å²) in [6, 6.07) is 0.452. The van der Waals surface area contributed by atoms with E-state index in [1.54, 1.807) is 0 Å². The quantitative estimate of drug-likeness (QED) is 0.278. The molecule has 0 aliphatic rings. The van der Waals surface area contributed by atoms with Crippen LogP contribution in [0.25, 0.3) is 0 Å². The fourth-order valence-electron chi connectivity index (χ4n) is 2.23. The molecule has 1 heterocycles. The molecular formula is C16H32IN5.